The van der Waals surface area contributed by atoms with Gasteiger partial charge in [0.25, 0.3) is 0 Å². The largest absolute Gasteiger partial charge is 0.379 e. The van der Waals surface area contributed by atoms with E-state index in [1.165, 1.54) is 4.90 Å². The molecule has 7 heteroatoms. The summed E-state index contributed by atoms with van der Waals surface area (Å²) >= 11 is 0. The smallest absolute Gasteiger partial charge is 0.249 e. The van der Waals surface area contributed by atoms with Crippen molar-refractivity contribution in [3.8, 4) is 0 Å². The van der Waals surface area contributed by atoms with Crippen LogP contribution >= 0.6 is 0 Å². The van der Waals surface area contributed by atoms with Gasteiger partial charge in [-0.3, -0.25) is 19.7 Å². The molecular weight excluding hydrogens is 262 g/mol. The molecule has 3 amide bonds. The highest BCUT2D eigenvalue weighted by Gasteiger charge is 2.41. The Morgan fingerprint density at radius 3 is 2.90 bits per heavy atom. The number of piperazine rings is 1. The summed E-state index contributed by atoms with van der Waals surface area (Å²) in [6, 6.07) is -0.664. The fourth-order valence-corrected chi connectivity index (χ4v) is 2.52. The van der Waals surface area contributed by atoms with Gasteiger partial charge >= 0.3 is 0 Å². The predicted molar refractivity (Wildman–Crippen MR) is 70.7 cm³/mol. The maximum Gasteiger partial charge on any atom is 0.249 e. The highest BCUT2D eigenvalue weighted by atomic mass is 16.5. The van der Waals surface area contributed by atoms with E-state index < -0.39 is 17.9 Å². The number of nitrogens with zero attached hydrogens (tertiary/aromatic N) is 1. The summed E-state index contributed by atoms with van der Waals surface area (Å²) in [6.45, 7) is 5.24. The van der Waals surface area contributed by atoms with Crippen molar-refractivity contribution in [2.45, 2.75) is 32.4 Å². The average Bonchev–Trinajstić information content (AvgIpc) is 2.88. The van der Waals surface area contributed by atoms with Crippen molar-refractivity contribution in [3.63, 3.8) is 0 Å². The highest BCUT2D eigenvalue weighted by molar-refractivity contribution is 6.04. The molecule has 0 aromatic heterocycles. The Hall–Kier alpha value is -1.47. The number of ether oxygens (including phenoxy) is 1. The number of carbonyl (C=O) groups is 3. The van der Waals surface area contributed by atoms with Crippen molar-refractivity contribution in [2.75, 3.05) is 26.3 Å². The highest BCUT2D eigenvalue weighted by Crippen LogP contribution is 2.19. The number of amides is 3. The Kier molecular flexibility index (Phi) is 4.72. The number of hydrogen-bond acceptors (Lipinski definition) is 5. The van der Waals surface area contributed by atoms with Gasteiger partial charge in [-0.2, -0.15) is 0 Å². The molecule has 2 fully saturated rings. The lowest BCUT2D eigenvalue weighted by atomic mass is 10.00. The summed E-state index contributed by atoms with van der Waals surface area (Å²) in [5, 5.41) is 5.51. The second-order valence-electron chi connectivity index (χ2n) is 5.26. The molecule has 2 aliphatic rings. The Morgan fingerprint density at radius 2 is 2.20 bits per heavy atom. The van der Waals surface area contributed by atoms with Gasteiger partial charge in [0.05, 0.1) is 19.1 Å². The lowest BCUT2D eigenvalue weighted by molar-refractivity contribution is -0.151. The van der Waals surface area contributed by atoms with Gasteiger partial charge in [0.1, 0.15) is 12.6 Å². The molecule has 0 aliphatic carbocycles. The number of hydrogen-bond donors (Lipinski definition) is 2. The monoisotopic (exact) mass is 283 g/mol. The van der Waals surface area contributed by atoms with E-state index in [4.69, 9.17) is 4.74 Å². The van der Waals surface area contributed by atoms with Crippen LogP contribution in [0.1, 0.15) is 20.3 Å². The zero-order valence-corrected chi connectivity index (χ0v) is 11.8. The van der Waals surface area contributed by atoms with E-state index in [0.29, 0.717) is 13.2 Å². The summed E-state index contributed by atoms with van der Waals surface area (Å²) in [7, 11) is 0. The van der Waals surface area contributed by atoms with E-state index in [9.17, 15) is 14.4 Å². The van der Waals surface area contributed by atoms with Crippen LogP contribution in [0.5, 0.6) is 0 Å². The van der Waals surface area contributed by atoms with Crippen molar-refractivity contribution < 1.29 is 19.1 Å². The van der Waals surface area contributed by atoms with E-state index in [1.54, 1.807) is 6.92 Å². The number of carbonyl (C=O) groups excluding carboxylic acids is 3. The first-order valence-corrected chi connectivity index (χ1v) is 7.00. The van der Waals surface area contributed by atoms with Crippen molar-refractivity contribution >= 4 is 17.7 Å². The van der Waals surface area contributed by atoms with Gasteiger partial charge in [0.2, 0.25) is 17.7 Å². The van der Waals surface area contributed by atoms with E-state index in [0.717, 1.165) is 13.0 Å². The third-order valence-electron chi connectivity index (χ3n) is 3.76. The van der Waals surface area contributed by atoms with Gasteiger partial charge in [0.15, 0.2) is 0 Å². The van der Waals surface area contributed by atoms with E-state index in [1.807, 2.05) is 0 Å². The van der Waals surface area contributed by atoms with Crippen LogP contribution in [-0.4, -0.2) is 61.0 Å². The van der Waals surface area contributed by atoms with Crippen molar-refractivity contribution in [3.05, 3.63) is 0 Å². The van der Waals surface area contributed by atoms with Crippen LogP contribution in [0, 0.1) is 5.92 Å². The van der Waals surface area contributed by atoms with Gasteiger partial charge in [-0.1, -0.05) is 6.92 Å². The molecule has 20 heavy (non-hydrogen) atoms. The molecule has 3 atom stereocenters. The molecule has 0 radical (unpaired) electrons. The average molecular weight is 283 g/mol. The first-order chi connectivity index (χ1) is 9.54. The molecule has 2 saturated heterocycles. The maximum atomic E-state index is 12.5. The fourth-order valence-electron chi connectivity index (χ4n) is 2.52. The van der Waals surface area contributed by atoms with Gasteiger partial charge in [-0.25, -0.2) is 0 Å². The topological polar surface area (TPSA) is 87.7 Å². The molecular formula is C13H21N3O4. The minimum atomic E-state index is -0.618. The summed E-state index contributed by atoms with van der Waals surface area (Å²) in [5.74, 6) is -1.38. The Bertz CT molecular complexity index is 412. The second kappa shape index (κ2) is 6.32. The molecule has 0 bridgehead atoms. The van der Waals surface area contributed by atoms with Gasteiger partial charge in [-0.15, -0.1) is 0 Å². The third-order valence-corrected chi connectivity index (χ3v) is 3.76. The first-order valence-electron chi connectivity index (χ1n) is 7.00. The lowest BCUT2D eigenvalue weighted by Gasteiger charge is -2.34. The van der Waals surface area contributed by atoms with Gasteiger partial charge in [-0.05, 0) is 19.9 Å². The molecule has 2 heterocycles. The normalized spacial score (nSPS) is 30.5. The molecule has 0 aromatic rings. The van der Waals surface area contributed by atoms with E-state index in [-0.39, 0.29) is 24.4 Å². The van der Waals surface area contributed by atoms with E-state index in [2.05, 4.69) is 17.6 Å². The quantitative estimate of drug-likeness (QED) is 0.638. The first kappa shape index (κ1) is 14.9. The zero-order chi connectivity index (χ0) is 14.7. The molecule has 0 saturated carbocycles. The van der Waals surface area contributed by atoms with Crippen LogP contribution in [0.25, 0.3) is 0 Å². The fraction of sp³-hybridized carbons (Fsp3) is 0.769. The summed E-state index contributed by atoms with van der Waals surface area (Å²) in [4.78, 5) is 36.9. The van der Waals surface area contributed by atoms with Gasteiger partial charge < -0.3 is 15.0 Å². The molecule has 7 nitrogen and oxygen atoms in total. The zero-order valence-electron chi connectivity index (χ0n) is 11.8. The molecule has 2 N–H and O–H groups in total. The second-order valence-corrected chi connectivity index (χ2v) is 5.26. The Labute approximate surface area is 118 Å². The number of imide groups is 1. The summed E-state index contributed by atoms with van der Waals surface area (Å²) in [6.07, 6.45) is 0.971. The predicted octanol–water partition coefficient (Wildman–Crippen LogP) is -1.13. The van der Waals surface area contributed by atoms with Crippen LogP contribution < -0.4 is 10.6 Å². The SMILES string of the molecule is CCCNC1COCC1C(=O)N1CC(=O)NC(=O)C1C. The van der Waals surface area contributed by atoms with E-state index >= 15 is 0 Å². The molecule has 0 aromatic carbocycles. The minimum absolute atomic E-state index is 0.0465. The number of rotatable bonds is 4. The molecule has 2 rings (SSSR count). The van der Waals surface area contributed by atoms with Crippen LogP contribution in [-0.2, 0) is 19.1 Å². The van der Waals surface area contributed by atoms with Crippen LogP contribution in [0.2, 0.25) is 0 Å². The minimum Gasteiger partial charge on any atom is -0.379 e. The van der Waals surface area contributed by atoms with Gasteiger partial charge in [0, 0.05) is 6.04 Å². The maximum absolute atomic E-state index is 12.5. The Balaban J connectivity index is 2.05. The van der Waals surface area contributed by atoms with Crippen LogP contribution in [0.15, 0.2) is 0 Å². The van der Waals surface area contributed by atoms with Crippen LogP contribution in [0.4, 0.5) is 0 Å². The van der Waals surface area contributed by atoms with Crippen molar-refractivity contribution in [1.29, 1.82) is 0 Å². The molecule has 112 valence electrons. The molecule has 3 unspecified atom stereocenters. The Morgan fingerprint density at radius 1 is 1.45 bits per heavy atom. The standard InChI is InChI=1S/C13H21N3O4/c1-3-4-14-10-7-20-6-9(10)13(19)16-5-11(17)15-12(18)8(16)2/h8-10,14H,3-7H2,1-2H3,(H,15,17,18). The third kappa shape index (κ3) is 2.99. The van der Waals surface area contributed by atoms with Crippen molar-refractivity contribution in [1.82, 2.24) is 15.5 Å². The summed E-state index contributed by atoms with van der Waals surface area (Å²) < 4.78 is 5.37. The molecule has 0 spiro atoms. The summed E-state index contributed by atoms with van der Waals surface area (Å²) in [5.41, 5.74) is 0. The lowest BCUT2D eigenvalue weighted by Crippen LogP contribution is -2.61. The van der Waals surface area contributed by atoms with Crippen LogP contribution in [0.3, 0.4) is 0 Å². The molecule has 2 aliphatic heterocycles. The van der Waals surface area contributed by atoms with Crippen molar-refractivity contribution in [2.24, 2.45) is 5.92 Å². The number of nitrogens with one attached hydrogen (secondary N) is 2.